The molecule has 0 spiro atoms. The first-order valence-corrected chi connectivity index (χ1v) is 6.44. The number of nitrogens with zero attached hydrogens (tertiary/aromatic N) is 2. The van der Waals surface area contributed by atoms with Gasteiger partial charge in [-0.05, 0) is 37.6 Å². The SMILES string of the molecule is CCCNc1cc(C)nc2ccc(N(C)C)cc12. The predicted molar refractivity (Wildman–Crippen MR) is 79.6 cm³/mol. The summed E-state index contributed by atoms with van der Waals surface area (Å²) in [5.41, 5.74) is 4.49. The molecule has 0 unspecified atom stereocenters. The van der Waals surface area contributed by atoms with Gasteiger partial charge in [0.25, 0.3) is 0 Å². The van der Waals surface area contributed by atoms with Crippen LogP contribution in [-0.4, -0.2) is 25.6 Å². The first-order chi connectivity index (χ1) is 8.61. The quantitative estimate of drug-likeness (QED) is 0.891. The molecule has 0 amide bonds. The third-order valence-electron chi connectivity index (χ3n) is 3.00. The Balaban J connectivity index is 2.54. The second kappa shape index (κ2) is 5.25. The third-order valence-corrected chi connectivity index (χ3v) is 3.00. The first-order valence-electron chi connectivity index (χ1n) is 6.44. The lowest BCUT2D eigenvalue weighted by atomic mass is 10.1. The van der Waals surface area contributed by atoms with Crippen molar-refractivity contribution in [1.82, 2.24) is 4.98 Å². The van der Waals surface area contributed by atoms with E-state index in [2.05, 4.69) is 60.5 Å². The zero-order valence-corrected chi connectivity index (χ0v) is 11.6. The zero-order chi connectivity index (χ0) is 13.1. The fraction of sp³-hybridized carbons (Fsp3) is 0.400. The van der Waals surface area contributed by atoms with E-state index in [-0.39, 0.29) is 0 Å². The summed E-state index contributed by atoms with van der Waals surface area (Å²) in [5.74, 6) is 0. The van der Waals surface area contributed by atoms with Crippen molar-refractivity contribution < 1.29 is 0 Å². The molecule has 0 fully saturated rings. The molecule has 2 aromatic rings. The predicted octanol–water partition coefficient (Wildman–Crippen LogP) is 3.43. The molecule has 0 saturated heterocycles. The minimum absolute atomic E-state index is 0.991. The Kier molecular flexibility index (Phi) is 3.70. The molecule has 0 atom stereocenters. The van der Waals surface area contributed by atoms with E-state index >= 15 is 0 Å². The molecule has 0 bridgehead atoms. The molecule has 0 aliphatic rings. The maximum atomic E-state index is 4.59. The number of nitrogens with one attached hydrogen (secondary N) is 1. The highest BCUT2D eigenvalue weighted by molar-refractivity contribution is 5.93. The van der Waals surface area contributed by atoms with Crippen molar-refractivity contribution in [3.63, 3.8) is 0 Å². The molecule has 1 N–H and O–H groups in total. The van der Waals surface area contributed by atoms with Gasteiger partial charge in [0.15, 0.2) is 0 Å². The number of rotatable bonds is 4. The summed E-state index contributed by atoms with van der Waals surface area (Å²) < 4.78 is 0. The van der Waals surface area contributed by atoms with Crippen molar-refractivity contribution in [2.24, 2.45) is 0 Å². The highest BCUT2D eigenvalue weighted by atomic mass is 15.1. The lowest BCUT2D eigenvalue weighted by molar-refractivity contribution is 0.980. The van der Waals surface area contributed by atoms with E-state index < -0.39 is 0 Å². The lowest BCUT2D eigenvalue weighted by Gasteiger charge is -2.15. The van der Waals surface area contributed by atoms with E-state index in [1.807, 2.05) is 6.92 Å². The standard InChI is InChI=1S/C15H21N3/c1-5-8-16-15-9-11(2)17-14-7-6-12(18(3)4)10-13(14)15/h6-7,9-10H,5,8H2,1-4H3,(H,16,17). The van der Waals surface area contributed by atoms with E-state index in [0.29, 0.717) is 0 Å². The summed E-state index contributed by atoms with van der Waals surface area (Å²) in [6.07, 6.45) is 1.12. The maximum Gasteiger partial charge on any atom is 0.0727 e. The van der Waals surface area contributed by atoms with Crippen LogP contribution in [0.15, 0.2) is 24.3 Å². The van der Waals surface area contributed by atoms with E-state index in [4.69, 9.17) is 0 Å². The Morgan fingerprint density at radius 2 is 2.00 bits per heavy atom. The Bertz CT molecular complexity index is 547. The molecule has 1 aromatic heterocycles. The second-order valence-corrected chi connectivity index (χ2v) is 4.83. The molecule has 0 radical (unpaired) electrons. The van der Waals surface area contributed by atoms with Crippen LogP contribution in [0.1, 0.15) is 19.0 Å². The summed E-state index contributed by atoms with van der Waals surface area (Å²) >= 11 is 0. The van der Waals surface area contributed by atoms with Crippen molar-refractivity contribution in [3.8, 4) is 0 Å². The molecule has 1 aromatic carbocycles. The summed E-state index contributed by atoms with van der Waals surface area (Å²) in [5, 5.41) is 4.68. The van der Waals surface area contributed by atoms with E-state index in [9.17, 15) is 0 Å². The number of benzene rings is 1. The molecular formula is C15H21N3. The van der Waals surface area contributed by atoms with Gasteiger partial charge in [0.2, 0.25) is 0 Å². The van der Waals surface area contributed by atoms with Gasteiger partial charge < -0.3 is 10.2 Å². The van der Waals surface area contributed by atoms with Gasteiger partial charge in [-0.1, -0.05) is 6.92 Å². The highest BCUT2D eigenvalue weighted by Crippen LogP contribution is 2.27. The molecule has 3 heteroatoms. The summed E-state index contributed by atoms with van der Waals surface area (Å²) in [4.78, 5) is 6.70. The average molecular weight is 243 g/mol. The number of hydrogen-bond donors (Lipinski definition) is 1. The number of hydrogen-bond acceptors (Lipinski definition) is 3. The average Bonchev–Trinajstić information content (AvgIpc) is 2.35. The monoisotopic (exact) mass is 243 g/mol. The highest BCUT2D eigenvalue weighted by Gasteiger charge is 2.05. The van der Waals surface area contributed by atoms with Crippen LogP contribution in [0.5, 0.6) is 0 Å². The van der Waals surface area contributed by atoms with Crippen molar-refractivity contribution in [1.29, 1.82) is 0 Å². The van der Waals surface area contributed by atoms with Gasteiger partial charge in [-0.3, -0.25) is 4.98 Å². The van der Waals surface area contributed by atoms with E-state index in [0.717, 1.165) is 24.2 Å². The van der Waals surface area contributed by atoms with Gasteiger partial charge in [0.05, 0.1) is 5.52 Å². The number of fused-ring (bicyclic) bond motifs is 1. The first kappa shape index (κ1) is 12.7. The van der Waals surface area contributed by atoms with Gasteiger partial charge >= 0.3 is 0 Å². The Morgan fingerprint density at radius 3 is 2.67 bits per heavy atom. The lowest BCUT2D eigenvalue weighted by Crippen LogP contribution is -2.08. The van der Waals surface area contributed by atoms with Crippen LogP contribution >= 0.6 is 0 Å². The van der Waals surface area contributed by atoms with Crippen molar-refractivity contribution in [2.45, 2.75) is 20.3 Å². The Hall–Kier alpha value is -1.77. The van der Waals surface area contributed by atoms with Gasteiger partial charge in [0.1, 0.15) is 0 Å². The fourth-order valence-electron chi connectivity index (χ4n) is 2.03. The molecule has 0 aliphatic heterocycles. The van der Waals surface area contributed by atoms with Crippen LogP contribution in [0.3, 0.4) is 0 Å². The van der Waals surface area contributed by atoms with Gasteiger partial charge in [-0.25, -0.2) is 0 Å². The van der Waals surface area contributed by atoms with E-state index in [1.54, 1.807) is 0 Å². The molecule has 0 saturated carbocycles. The van der Waals surface area contributed by atoms with Gasteiger partial charge in [-0.2, -0.15) is 0 Å². The molecule has 18 heavy (non-hydrogen) atoms. The van der Waals surface area contributed by atoms with E-state index in [1.165, 1.54) is 16.8 Å². The van der Waals surface area contributed by atoms with Gasteiger partial charge in [-0.15, -0.1) is 0 Å². The Morgan fingerprint density at radius 1 is 1.22 bits per heavy atom. The van der Waals surface area contributed by atoms with Crippen LogP contribution in [0.2, 0.25) is 0 Å². The Labute approximate surface area is 109 Å². The normalized spacial score (nSPS) is 10.7. The maximum absolute atomic E-state index is 4.59. The van der Waals surface area contributed by atoms with Crippen LogP contribution in [0, 0.1) is 6.92 Å². The summed E-state index contributed by atoms with van der Waals surface area (Å²) in [6, 6.07) is 8.52. The number of anilines is 2. The van der Waals surface area contributed by atoms with Crippen LogP contribution in [0.25, 0.3) is 10.9 Å². The van der Waals surface area contributed by atoms with Crippen LogP contribution in [0.4, 0.5) is 11.4 Å². The molecule has 3 nitrogen and oxygen atoms in total. The summed E-state index contributed by atoms with van der Waals surface area (Å²) in [6.45, 7) is 5.20. The van der Waals surface area contributed by atoms with Gasteiger partial charge in [0, 0.05) is 43.1 Å². The largest absolute Gasteiger partial charge is 0.384 e. The van der Waals surface area contributed by atoms with Crippen molar-refractivity contribution >= 4 is 22.3 Å². The third kappa shape index (κ3) is 2.55. The molecule has 1 heterocycles. The number of aryl methyl sites for hydroxylation is 1. The molecule has 2 rings (SSSR count). The van der Waals surface area contributed by atoms with Crippen LogP contribution in [-0.2, 0) is 0 Å². The smallest absolute Gasteiger partial charge is 0.0727 e. The van der Waals surface area contributed by atoms with Crippen LogP contribution < -0.4 is 10.2 Å². The fourth-order valence-corrected chi connectivity index (χ4v) is 2.03. The minimum Gasteiger partial charge on any atom is -0.384 e. The topological polar surface area (TPSA) is 28.2 Å². The summed E-state index contributed by atoms with van der Waals surface area (Å²) in [7, 11) is 4.11. The van der Waals surface area contributed by atoms with Crippen molar-refractivity contribution in [2.75, 3.05) is 30.9 Å². The number of pyridine rings is 1. The second-order valence-electron chi connectivity index (χ2n) is 4.83. The molecular weight excluding hydrogens is 222 g/mol. The zero-order valence-electron chi connectivity index (χ0n) is 11.6. The minimum atomic E-state index is 0.991. The molecule has 0 aliphatic carbocycles. The van der Waals surface area contributed by atoms with Crippen molar-refractivity contribution in [3.05, 3.63) is 30.0 Å². The number of aromatic nitrogens is 1. The molecule has 96 valence electrons.